The van der Waals surface area contributed by atoms with Crippen molar-refractivity contribution in [3.63, 3.8) is 0 Å². The van der Waals surface area contributed by atoms with Crippen LogP contribution in [0.25, 0.3) is 0 Å². The largest absolute Gasteiger partial charge is 0.465 e. The summed E-state index contributed by atoms with van der Waals surface area (Å²) in [6.07, 6.45) is 0. The summed E-state index contributed by atoms with van der Waals surface area (Å²) < 4.78 is 4.60. The van der Waals surface area contributed by atoms with Gasteiger partial charge in [0.15, 0.2) is 0 Å². The summed E-state index contributed by atoms with van der Waals surface area (Å²) in [6, 6.07) is 3.90. The molecule has 21 heavy (non-hydrogen) atoms. The molecular formula is C14H20N2O5. The molecule has 0 atom stereocenters. The Morgan fingerprint density at radius 1 is 1.33 bits per heavy atom. The van der Waals surface area contributed by atoms with Crippen molar-refractivity contribution in [2.24, 2.45) is 0 Å². The van der Waals surface area contributed by atoms with Crippen molar-refractivity contribution in [2.75, 3.05) is 12.4 Å². The highest BCUT2D eigenvalue weighted by atomic mass is 16.6. The normalized spacial score (nSPS) is 11.9. The third kappa shape index (κ3) is 3.69. The highest BCUT2D eigenvalue weighted by Gasteiger charge is 2.36. The fourth-order valence-electron chi connectivity index (χ4n) is 1.53. The number of nitrogens with zero attached hydrogens (tertiary/aromatic N) is 1. The molecule has 7 nitrogen and oxygen atoms in total. The van der Waals surface area contributed by atoms with Crippen LogP contribution in [0.15, 0.2) is 18.2 Å². The number of hydrogen-bond donors (Lipinski definition) is 2. The van der Waals surface area contributed by atoms with Crippen molar-refractivity contribution in [1.29, 1.82) is 0 Å². The van der Waals surface area contributed by atoms with Gasteiger partial charge in [0.2, 0.25) is 0 Å². The summed E-state index contributed by atoms with van der Waals surface area (Å²) in [5.74, 6) is -0.589. The first-order chi connectivity index (χ1) is 9.49. The number of carbonyl (C=O) groups is 1. The van der Waals surface area contributed by atoms with Crippen LogP contribution in [0, 0.1) is 10.1 Å². The van der Waals surface area contributed by atoms with E-state index in [1.165, 1.54) is 25.3 Å². The van der Waals surface area contributed by atoms with Gasteiger partial charge < -0.3 is 15.2 Å². The maximum atomic E-state index is 11.5. The molecule has 0 bridgehead atoms. The minimum atomic E-state index is -1.14. The van der Waals surface area contributed by atoms with E-state index >= 15 is 0 Å². The zero-order valence-electron chi connectivity index (χ0n) is 12.8. The summed E-state index contributed by atoms with van der Waals surface area (Å²) in [5.41, 5.74) is -1.83. The van der Waals surface area contributed by atoms with E-state index in [4.69, 9.17) is 0 Å². The van der Waals surface area contributed by atoms with E-state index in [2.05, 4.69) is 10.1 Å². The van der Waals surface area contributed by atoms with Gasteiger partial charge >= 0.3 is 5.97 Å². The number of esters is 1. The molecule has 0 heterocycles. The summed E-state index contributed by atoms with van der Waals surface area (Å²) in [4.78, 5) is 22.1. The summed E-state index contributed by atoms with van der Waals surface area (Å²) in [7, 11) is 1.23. The average Bonchev–Trinajstić information content (AvgIpc) is 2.35. The van der Waals surface area contributed by atoms with Crippen LogP contribution in [0.3, 0.4) is 0 Å². The van der Waals surface area contributed by atoms with Gasteiger partial charge in [-0.15, -0.1) is 0 Å². The average molecular weight is 296 g/mol. The second-order valence-electron chi connectivity index (χ2n) is 5.79. The van der Waals surface area contributed by atoms with E-state index in [0.29, 0.717) is 0 Å². The molecular weight excluding hydrogens is 276 g/mol. The van der Waals surface area contributed by atoms with E-state index in [1.54, 1.807) is 27.7 Å². The molecule has 7 heteroatoms. The van der Waals surface area contributed by atoms with Crippen LogP contribution in [0.1, 0.15) is 38.1 Å². The third-order valence-electron chi connectivity index (χ3n) is 3.59. The molecule has 1 aromatic carbocycles. The zero-order chi connectivity index (χ0) is 16.4. The van der Waals surface area contributed by atoms with Gasteiger partial charge in [-0.3, -0.25) is 10.1 Å². The number of nitro groups is 1. The van der Waals surface area contributed by atoms with Crippen LogP contribution in [0.4, 0.5) is 11.4 Å². The molecule has 0 fully saturated rings. The smallest absolute Gasteiger partial charge is 0.337 e. The lowest BCUT2D eigenvalue weighted by atomic mass is 9.85. The lowest BCUT2D eigenvalue weighted by molar-refractivity contribution is -0.384. The number of methoxy groups -OCH3 is 1. The van der Waals surface area contributed by atoms with E-state index in [9.17, 15) is 20.0 Å². The summed E-state index contributed by atoms with van der Waals surface area (Å²) >= 11 is 0. The molecule has 0 saturated carbocycles. The molecule has 1 rings (SSSR count). The molecule has 2 N–H and O–H groups in total. The fraction of sp³-hybridized carbons (Fsp3) is 0.500. The zero-order valence-corrected chi connectivity index (χ0v) is 12.8. The van der Waals surface area contributed by atoms with Gasteiger partial charge in [0.1, 0.15) is 5.69 Å². The number of benzene rings is 1. The Morgan fingerprint density at radius 2 is 1.90 bits per heavy atom. The summed E-state index contributed by atoms with van der Waals surface area (Å²) in [6.45, 7) is 6.61. The predicted molar refractivity (Wildman–Crippen MR) is 78.4 cm³/mol. The van der Waals surface area contributed by atoms with Crippen molar-refractivity contribution >= 4 is 17.3 Å². The molecule has 0 saturated heterocycles. The van der Waals surface area contributed by atoms with Gasteiger partial charge in [0.25, 0.3) is 5.69 Å². The molecule has 0 unspecified atom stereocenters. The van der Waals surface area contributed by atoms with Crippen molar-refractivity contribution in [1.82, 2.24) is 0 Å². The molecule has 0 spiro atoms. The number of aliphatic hydroxyl groups is 1. The van der Waals surface area contributed by atoms with Crippen LogP contribution < -0.4 is 5.32 Å². The SMILES string of the molecule is COC(=O)c1ccc([N+](=O)[O-])c(NC(C)(C)C(C)(C)O)c1. The van der Waals surface area contributed by atoms with Crippen molar-refractivity contribution in [3.05, 3.63) is 33.9 Å². The van der Waals surface area contributed by atoms with E-state index in [0.717, 1.165) is 0 Å². The Morgan fingerprint density at radius 3 is 2.33 bits per heavy atom. The maximum absolute atomic E-state index is 11.5. The van der Waals surface area contributed by atoms with Crippen molar-refractivity contribution < 1.29 is 19.6 Å². The van der Waals surface area contributed by atoms with E-state index < -0.39 is 22.0 Å². The third-order valence-corrected chi connectivity index (χ3v) is 3.59. The minimum absolute atomic E-state index is 0.148. The fourth-order valence-corrected chi connectivity index (χ4v) is 1.53. The highest BCUT2D eigenvalue weighted by molar-refractivity contribution is 5.91. The Balaban J connectivity index is 3.31. The topological polar surface area (TPSA) is 102 Å². The number of rotatable bonds is 5. The van der Waals surface area contributed by atoms with Crippen LogP contribution in [-0.4, -0.2) is 34.2 Å². The van der Waals surface area contributed by atoms with E-state index in [-0.39, 0.29) is 16.9 Å². The van der Waals surface area contributed by atoms with E-state index in [1.807, 2.05) is 0 Å². The van der Waals surface area contributed by atoms with Crippen LogP contribution in [-0.2, 0) is 4.74 Å². The Bertz CT molecular complexity index is 561. The van der Waals surface area contributed by atoms with Gasteiger partial charge in [0, 0.05) is 6.07 Å². The molecule has 0 aliphatic carbocycles. The molecule has 1 aromatic rings. The molecule has 0 amide bonds. The Kier molecular flexibility index (Phi) is 4.58. The molecule has 0 aliphatic heterocycles. The number of nitrogens with one attached hydrogen (secondary N) is 1. The minimum Gasteiger partial charge on any atom is -0.465 e. The van der Waals surface area contributed by atoms with Gasteiger partial charge in [0.05, 0.1) is 28.7 Å². The van der Waals surface area contributed by atoms with Gasteiger partial charge in [-0.25, -0.2) is 4.79 Å². The number of anilines is 1. The standard InChI is InChI=1S/C14H20N2O5/c1-13(2,14(3,4)18)15-10-8-9(12(17)21-5)6-7-11(10)16(19)20/h6-8,15,18H,1-5H3. The Labute approximate surface area is 123 Å². The lowest BCUT2D eigenvalue weighted by Gasteiger charge is -2.38. The number of carbonyl (C=O) groups excluding carboxylic acids is 1. The van der Waals surface area contributed by atoms with Crippen LogP contribution in [0.5, 0.6) is 0 Å². The first-order valence-corrected chi connectivity index (χ1v) is 6.37. The first kappa shape index (κ1) is 16.9. The van der Waals surface area contributed by atoms with Crippen molar-refractivity contribution in [2.45, 2.75) is 38.8 Å². The van der Waals surface area contributed by atoms with Crippen LogP contribution in [0.2, 0.25) is 0 Å². The van der Waals surface area contributed by atoms with Gasteiger partial charge in [-0.2, -0.15) is 0 Å². The molecule has 116 valence electrons. The monoisotopic (exact) mass is 296 g/mol. The number of nitro benzene ring substituents is 1. The van der Waals surface area contributed by atoms with Crippen LogP contribution >= 0.6 is 0 Å². The lowest BCUT2D eigenvalue weighted by Crippen LogP contribution is -2.51. The molecule has 0 radical (unpaired) electrons. The number of ether oxygens (including phenoxy) is 1. The predicted octanol–water partition coefficient (Wildman–Crippen LogP) is 2.34. The second kappa shape index (κ2) is 5.69. The van der Waals surface area contributed by atoms with Crippen molar-refractivity contribution in [3.8, 4) is 0 Å². The molecule has 0 aliphatic rings. The quantitative estimate of drug-likeness (QED) is 0.491. The second-order valence-corrected chi connectivity index (χ2v) is 5.79. The Hall–Kier alpha value is -2.15. The molecule has 0 aromatic heterocycles. The highest BCUT2D eigenvalue weighted by Crippen LogP contribution is 2.32. The number of hydrogen-bond acceptors (Lipinski definition) is 6. The summed E-state index contributed by atoms with van der Waals surface area (Å²) in [5, 5.41) is 24.2. The van der Waals surface area contributed by atoms with Gasteiger partial charge in [-0.1, -0.05) is 0 Å². The van der Waals surface area contributed by atoms with Gasteiger partial charge in [-0.05, 0) is 39.8 Å². The maximum Gasteiger partial charge on any atom is 0.337 e. The first-order valence-electron chi connectivity index (χ1n) is 6.37.